The van der Waals surface area contributed by atoms with Crippen molar-refractivity contribution in [1.82, 2.24) is 20.5 Å². The van der Waals surface area contributed by atoms with Crippen LogP contribution in [-0.2, 0) is 10.3 Å². The SMILES string of the molecule is Cc1cc(C)c(N2CCN(C(=O)c3ccc(C4(C(C)(C)C)NC(=O)NC4=O)cc3)CC2)nc1C. The fourth-order valence-corrected chi connectivity index (χ4v) is 4.94. The number of hydrogen-bond donors (Lipinski definition) is 2. The highest BCUT2D eigenvalue weighted by Crippen LogP contribution is 2.41. The van der Waals surface area contributed by atoms with Crippen LogP contribution in [0.25, 0.3) is 0 Å². The summed E-state index contributed by atoms with van der Waals surface area (Å²) >= 11 is 0. The van der Waals surface area contributed by atoms with Gasteiger partial charge < -0.3 is 15.1 Å². The van der Waals surface area contributed by atoms with Gasteiger partial charge in [0, 0.05) is 37.4 Å². The summed E-state index contributed by atoms with van der Waals surface area (Å²) in [6, 6.07) is 8.67. The summed E-state index contributed by atoms with van der Waals surface area (Å²) < 4.78 is 0. The lowest BCUT2D eigenvalue weighted by Crippen LogP contribution is -2.53. The minimum Gasteiger partial charge on any atom is -0.353 e. The van der Waals surface area contributed by atoms with Crippen molar-refractivity contribution in [3.05, 3.63) is 58.3 Å². The van der Waals surface area contributed by atoms with Crippen LogP contribution in [0.5, 0.6) is 0 Å². The third kappa shape index (κ3) is 3.91. The Kier molecular flexibility index (Phi) is 5.87. The molecule has 0 aliphatic carbocycles. The molecule has 4 rings (SSSR count). The van der Waals surface area contributed by atoms with Gasteiger partial charge in [0.1, 0.15) is 5.82 Å². The van der Waals surface area contributed by atoms with Gasteiger partial charge in [-0.15, -0.1) is 0 Å². The summed E-state index contributed by atoms with van der Waals surface area (Å²) in [5, 5.41) is 5.17. The first-order valence-corrected chi connectivity index (χ1v) is 11.7. The minimum absolute atomic E-state index is 0.0410. The maximum absolute atomic E-state index is 13.2. The molecule has 8 heteroatoms. The molecule has 1 aromatic heterocycles. The van der Waals surface area contributed by atoms with Crippen molar-refractivity contribution in [3.63, 3.8) is 0 Å². The van der Waals surface area contributed by atoms with Gasteiger partial charge in [-0.25, -0.2) is 9.78 Å². The number of hydrogen-bond acceptors (Lipinski definition) is 5. The van der Waals surface area contributed by atoms with E-state index in [0.717, 1.165) is 30.2 Å². The number of carbonyl (C=O) groups is 3. The second-order valence-corrected chi connectivity index (χ2v) is 10.3. The number of nitrogens with one attached hydrogen (secondary N) is 2. The fourth-order valence-electron chi connectivity index (χ4n) is 4.94. The standard InChI is InChI=1S/C26H33N5O3/c1-16-15-17(2)21(27-18(16)3)30-11-13-31(14-12-30)22(32)19-7-9-20(10-8-19)26(25(4,5)6)23(33)28-24(34)29-26/h7-10,15H,11-14H2,1-6H3,(H2,28,29,33,34). The highest BCUT2D eigenvalue weighted by molar-refractivity contribution is 6.08. The fraction of sp³-hybridized carbons (Fsp3) is 0.462. The molecule has 1 aromatic carbocycles. The van der Waals surface area contributed by atoms with Gasteiger partial charge in [-0.2, -0.15) is 0 Å². The zero-order valence-corrected chi connectivity index (χ0v) is 20.8. The third-order valence-corrected chi connectivity index (χ3v) is 7.05. The van der Waals surface area contributed by atoms with Gasteiger partial charge >= 0.3 is 6.03 Å². The van der Waals surface area contributed by atoms with E-state index in [2.05, 4.69) is 35.4 Å². The zero-order chi connectivity index (χ0) is 24.8. The van der Waals surface area contributed by atoms with Crippen molar-refractivity contribution in [3.8, 4) is 0 Å². The summed E-state index contributed by atoms with van der Waals surface area (Å²) in [6.07, 6.45) is 0. The summed E-state index contributed by atoms with van der Waals surface area (Å²) in [5.74, 6) is 0.569. The Hall–Kier alpha value is -3.42. The molecule has 0 radical (unpaired) electrons. The Morgan fingerprint density at radius 2 is 1.59 bits per heavy atom. The van der Waals surface area contributed by atoms with E-state index < -0.39 is 17.0 Å². The lowest BCUT2D eigenvalue weighted by atomic mass is 9.69. The minimum atomic E-state index is -1.19. The smallest absolute Gasteiger partial charge is 0.322 e. The molecule has 2 aliphatic rings. The summed E-state index contributed by atoms with van der Waals surface area (Å²) in [5.41, 5.74) is 2.82. The summed E-state index contributed by atoms with van der Waals surface area (Å²) in [7, 11) is 0. The molecule has 8 nitrogen and oxygen atoms in total. The molecule has 2 aromatic rings. The monoisotopic (exact) mass is 463 g/mol. The molecular weight excluding hydrogens is 430 g/mol. The number of urea groups is 1. The van der Waals surface area contributed by atoms with E-state index in [4.69, 9.17) is 4.98 Å². The molecule has 34 heavy (non-hydrogen) atoms. The van der Waals surface area contributed by atoms with Crippen molar-refractivity contribution in [1.29, 1.82) is 0 Å². The van der Waals surface area contributed by atoms with Gasteiger partial charge in [0.15, 0.2) is 5.54 Å². The molecule has 2 aliphatic heterocycles. The van der Waals surface area contributed by atoms with Crippen LogP contribution in [0.1, 0.15) is 53.5 Å². The third-order valence-electron chi connectivity index (χ3n) is 7.05. The average molecular weight is 464 g/mol. The number of imide groups is 1. The number of nitrogens with zero attached hydrogens (tertiary/aromatic N) is 3. The van der Waals surface area contributed by atoms with E-state index in [1.807, 2.05) is 32.6 Å². The largest absolute Gasteiger partial charge is 0.353 e. The molecule has 4 amide bonds. The Balaban J connectivity index is 1.48. The zero-order valence-electron chi connectivity index (χ0n) is 20.8. The number of pyridine rings is 1. The number of anilines is 1. The number of carbonyl (C=O) groups excluding carboxylic acids is 3. The highest BCUT2D eigenvalue weighted by atomic mass is 16.2. The second kappa shape index (κ2) is 8.42. The van der Waals surface area contributed by atoms with Crippen molar-refractivity contribution in [2.45, 2.75) is 47.1 Å². The van der Waals surface area contributed by atoms with E-state index in [9.17, 15) is 14.4 Å². The lowest BCUT2D eigenvalue weighted by molar-refractivity contribution is -0.128. The Morgan fingerprint density at radius 3 is 2.12 bits per heavy atom. The number of benzene rings is 1. The van der Waals surface area contributed by atoms with Gasteiger partial charge in [-0.05, 0) is 55.0 Å². The van der Waals surface area contributed by atoms with Crippen molar-refractivity contribution >= 4 is 23.7 Å². The van der Waals surface area contributed by atoms with Crippen molar-refractivity contribution in [2.24, 2.45) is 5.41 Å². The van der Waals surface area contributed by atoms with Crippen LogP contribution in [0, 0.1) is 26.2 Å². The normalized spacial score (nSPS) is 20.9. The summed E-state index contributed by atoms with van der Waals surface area (Å²) in [6.45, 7) is 14.5. The number of aromatic nitrogens is 1. The van der Waals surface area contributed by atoms with Crippen molar-refractivity contribution in [2.75, 3.05) is 31.1 Å². The molecule has 1 atom stereocenters. The number of aryl methyl sites for hydroxylation is 3. The van der Waals surface area contributed by atoms with Crippen LogP contribution in [0.15, 0.2) is 30.3 Å². The predicted molar refractivity (Wildman–Crippen MR) is 131 cm³/mol. The van der Waals surface area contributed by atoms with Crippen molar-refractivity contribution < 1.29 is 14.4 Å². The first-order valence-electron chi connectivity index (χ1n) is 11.7. The van der Waals surface area contributed by atoms with Gasteiger partial charge in [0.25, 0.3) is 11.8 Å². The molecule has 1 unspecified atom stereocenters. The summed E-state index contributed by atoms with van der Waals surface area (Å²) in [4.78, 5) is 46.7. The predicted octanol–water partition coefficient (Wildman–Crippen LogP) is 3.05. The molecule has 0 spiro atoms. The molecule has 3 heterocycles. The first-order chi connectivity index (χ1) is 15.9. The van der Waals surface area contributed by atoms with Crippen LogP contribution >= 0.6 is 0 Å². The maximum atomic E-state index is 13.2. The molecule has 180 valence electrons. The number of amides is 4. The van der Waals surface area contributed by atoms with Crippen LogP contribution in [0.3, 0.4) is 0 Å². The van der Waals surface area contributed by atoms with Gasteiger partial charge in [0.2, 0.25) is 0 Å². The van der Waals surface area contributed by atoms with Crippen LogP contribution in [0.4, 0.5) is 10.6 Å². The quantitative estimate of drug-likeness (QED) is 0.683. The lowest BCUT2D eigenvalue weighted by Gasteiger charge is -2.39. The van der Waals surface area contributed by atoms with Gasteiger partial charge in [0.05, 0.1) is 0 Å². The highest BCUT2D eigenvalue weighted by Gasteiger charge is 2.55. The topological polar surface area (TPSA) is 94.6 Å². The maximum Gasteiger partial charge on any atom is 0.322 e. The van der Waals surface area contributed by atoms with E-state index in [-0.39, 0.29) is 11.8 Å². The Bertz CT molecular complexity index is 1140. The number of piperazine rings is 1. The van der Waals surface area contributed by atoms with Gasteiger partial charge in [-0.3, -0.25) is 14.9 Å². The molecule has 2 saturated heterocycles. The molecular formula is C26H33N5O3. The molecule has 0 saturated carbocycles. The van der Waals surface area contributed by atoms with Crippen LogP contribution in [-0.4, -0.2) is 53.9 Å². The van der Waals surface area contributed by atoms with E-state index in [1.165, 1.54) is 5.56 Å². The molecule has 0 bridgehead atoms. The van der Waals surface area contributed by atoms with Crippen LogP contribution in [0.2, 0.25) is 0 Å². The second-order valence-electron chi connectivity index (χ2n) is 10.3. The van der Waals surface area contributed by atoms with Gasteiger partial charge in [-0.1, -0.05) is 39.0 Å². The van der Waals surface area contributed by atoms with E-state index >= 15 is 0 Å². The van der Waals surface area contributed by atoms with E-state index in [0.29, 0.717) is 24.2 Å². The Labute approximate surface area is 200 Å². The van der Waals surface area contributed by atoms with Crippen LogP contribution < -0.4 is 15.5 Å². The average Bonchev–Trinajstić information content (AvgIpc) is 3.11. The molecule has 2 fully saturated rings. The first kappa shape index (κ1) is 23.7. The molecule has 2 N–H and O–H groups in total. The van der Waals surface area contributed by atoms with E-state index in [1.54, 1.807) is 24.3 Å². The number of rotatable bonds is 3. The Morgan fingerprint density at radius 1 is 0.971 bits per heavy atom.